The maximum absolute atomic E-state index is 13.1. The Morgan fingerprint density at radius 2 is 1.94 bits per heavy atom. The van der Waals surface area contributed by atoms with Crippen molar-refractivity contribution in [1.29, 1.82) is 0 Å². The molecule has 1 amide bonds. The molecule has 3 aromatic rings. The number of carbonyl (C=O) groups excluding carboxylic acids is 1. The van der Waals surface area contributed by atoms with Crippen molar-refractivity contribution in [3.63, 3.8) is 0 Å². The van der Waals surface area contributed by atoms with Crippen molar-refractivity contribution >= 4 is 16.8 Å². The zero-order chi connectivity index (χ0) is 21.4. The second kappa shape index (κ2) is 8.05. The molecule has 7 heteroatoms. The number of carbonyl (C=O) groups is 1. The molecule has 3 aromatic heterocycles. The van der Waals surface area contributed by atoms with Crippen LogP contribution in [0.4, 0.5) is 0 Å². The van der Waals surface area contributed by atoms with Crippen molar-refractivity contribution in [1.82, 2.24) is 24.3 Å². The van der Waals surface area contributed by atoms with Crippen LogP contribution in [0.15, 0.2) is 55.2 Å². The van der Waals surface area contributed by atoms with E-state index in [0.29, 0.717) is 32.5 Å². The second-order valence-corrected chi connectivity index (χ2v) is 9.23. The minimum Gasteiger partial charge on any atom is -0.388 e. The van der Waals surface area contributed by atoms with Gasteiger partial charge in [0.1, 0.15) is 0 Å². The standard InChI is InChI=1S/C24H29N5O2/c1-27(15-18-3-2-8-25-13-18)16-23(30)29-20-4-5-21(29)12-24(31,11-20)17-28-10-7-19-6-9-26-14-22(19)28/h2-3,6-10,13-14,20-21,31H,4-5,11-12,15-17H2,1H3. The van der Waals surface area contributed by atoms with Crippen LogP contribution in [0.2, 0.25) is 0 Å². The number of hydrogen-bond donors (Lipinski definition) is 1. The molecule has 0 aliphatic carbocycles. The predicted octanol–water partition coefficient (Wildman–Crippen LogP) is 2.45. The number of aliphatic hydroxyl groups is 1. The lowest BCUT2D eigenvalue weighted by Gasteiger charge is -2.44. The van der Waals surface area contributed by atoms with Gasteiger partial charge < -0.3 is 14.6 Å². The first kappa shape index (κ1) is 20.2. The van der Waals surface area contributed by atoms with Gasteiger partial charge in [-0.3, -0.25) is 19.7 Å². The summed E-state index contributed by atoms with van der Waals surface area (Å²) in [6.07, 6.45) is 12.5. The molecule has 5 heterocycles. The molecule has 5 rings (SSSR count). The summed E-state index contributed by atoms with van der Waals surface area (Å²) in [6, 6.07) is 8.22. The van der Waals surface area contributed by atoms with Gasteiger partial charge in [-0.15, -0.1) is 0 Å². The second-order valence-electron chi connectivity index (χ2n) is 9.23. The van der Waals surface area contributed by atoms with E-state index in [1.165, 1.54) is 0 Å². The average molecular weight is 420 g/mol. The quantitative estimate of drug-likeness (QED) is 0.664. The molecule has 2 saturated heterocycles. The zero-order valence-corrected chi connectivity index (χ0v) is 17.9. The third kappa shape index (κ3) is 4.07. The molecule has 2 bridgehead atoms. The highest BCUT2D eigenvalue weighted by Gasteiger charge is 2.49. The van der Waals surface area contributed by atoms with Crippen molar-refractivity contribution in [2.75, 3.05) is 13.6 Å². The van der Waals surface area contributed by atoms with E-state index in [1.54, 1.807) is 12.4 Å². The molecule has 162 valence electrons. The molecule has 0 saturated carbocycles. The van der Waals surface area contributed by atoms with Gasteiger partial charge in [-0.2, -0.15) is 0 Å². The van der Waals surface area contributed by atoms with Crippen molar-refractivity contribution < 1.29 is 9.90 Å². The fourth-order valence-electron chi connectivity index (χ4n) is 5.51. The summed E-state index contributed by atoms with van der Waals surface area (Å²) in [6.45, 7) is 1.62. The minimum absolute atomic E-state index is 0.114. The van der Waals surface area contributed by atoms with E-state index in [9.17, 15) is 9.90 Å². The maximum atomic E-state index is 13.1. The van der Waals surface area contributed by atoms with Crippen LogP contribution in [0.25, 0.3) is 10.9 Å². The normalized spacial score (nSPS) is 25.5. The highest BCUT2D eigenvalue weighted by Crippen LogP contribution is 2.42. The van der Waals surface area contributed by atoms with Crippen LogP contribution in [0, 0.1) is 0 Å². The van der Waals surface area contributed by atoms with Crippen LogP contribution in [-0.4, -0.2) is 66.6 Å². The summed E-state index contributed by atoms with van der Waals surface area (Å²) in [5, 5.41) is 12.6. The molecule has 2 atom stereocenters. The molecule has 0 spiro atoms. The first-order valence-corrected chi connectivity index (χ1v) is 11.0. The molecule has 31 heavy (non-hydrogen) atoms. The Bertz CT molecular complexity index is 1050. The monoisotopic (exact) mass is 419 g/mol. The largest absolute Gasteiger partial charge is 0.388 e. The molecule has 1 N–H and O–H groups in total. The summed E-state index contributed by atoms with van der Waals surface area (Å²) < 4.78 is 2.10. The van der Waals surface area contributed by atoms with Crippen LogP contribution in [0.5, 0.6) is 0 Å². The Morgan fingerprint density at radius 3 is 2.68 bits per heavy atom. The van der Waals surface area contributed by atoms with Crippen LogP contribution in [-0.2, 0) is 17.9 Å². The molecule has 2 fully saturated rings. The summed E-state index contributed by atoms with van der Waals surface area (Å²) in [4.78, 5) is 25.6. The molecule has 0 aromatic carbocycles. The molecule has 7 nitrogen and oxygen atoms in total. The molecule has 0 radical (unpaired) electrons. The third-order valence-electron chi connectivity index (χ3n) is 6.76. The number of fused-ring (bicyclic) bond motifs is 3. The molecule has 2 unspecified atom stereocenters. The van der Waals surface area contributed by atoms with Gasteiger partial charge in [0.15, 0.2) is 0 Å². The highest BCUT2D eigenvalue weighted by molar-refractivity contribution is 5.80. The van der Waals surface area contributed by atoms with Gasteiger partial charge in [0.05, 0.1) is 30.4 Å². The van der Waals surface area contributed by atoms with Gasteiger partial charge in [0, 0.05) is 48.8 Å². The van der Waals surface area contributed by atoms with E-state index < -0.39 is 5.60 Å². The number of rotatable bonds is 6. The van der Waals surface area contributed by atoms with Gasteiger partial charge >= 0.3 is 0 Å². The fraction of sp³-hybridized carbons (Fsp3) is 0.458. The molecule has 2 aliphatic rings. The van der Waals surface area contributed by atoms with Crippen LogP contribution in [0.3, 0.4) is 0 Å². The lowest BCUT2D eigenvalue weighted by atomic mass is 9.85. The highest BCUT2D eigenvalue weighted by atomic mass is 16.3. The number of likely N-dealkylation sites (N-methyl/N-ethyl adjacent to an activating group) is 1. The zero-order valence-electron chi connectivity index (χ0n) is 17.9. The number of hydrogen-bond acceptors (Lipinski definition) is 5. The summed E-state index contributed by atoms with van der Waals surface area (Å²) in [5.74, 6) is 0.163. The van der Waals surface area contributed by atoms with Crippen molar-refractivity contribution in [2.24, 2.45) is 0 Å². The Labute approximate surface area is 182 Å². The minimum atomic E-state index is -0.800. The first-order valence-electron chi connectivity index (χ1n) is 11.0. The van der Waals surface area contributed by atoms with E-state index >= 15 is 0 Å². The molecular formula is C24H29N5O2. The third-order valence-corrected chi connectivity index (χ3v) is 6.76. The number of piperidine rings is 1. The van der Waals surface area contributed by atoms with E-state index in [2.05, 4.69) is 25.5 Å². The lowest BCUT2D eigenvalue weighted by Crippen LogP contribution is -2.56. The van der Waals surface area contributed by atoms with E-state index in [0.717, 1.165) is 29.3 Å². The van der Waals surface area contributed by atoms with Crippen molar-refractivity contribution in [3.05, 3.63) is 60.8 Å². The number of nitrogens with zero attached hydrogens (tertiary/aromatic N) is 5. The van der Waals surface area contributed by atoms with Gasteiger partial charge in [0.2, 0.25) is 5.91 Å². The summed E-state index contributed by atoms with van der Waals surface area (Å²) in [7, 11) is 1.97. The Morgan fingerprint density at radius 1 is 1.16 bits per heavy atom. The van der Waals surface area contributed by atoms with Gasteiger partial charge in [-0.1, -0.05) is 6.07 Å². The number of amides is 1. The Kier molecular flexibility index (Phi) is 5.24. The molecule has 2 aliphatic heterocycles. The van der Waals surface area contributed by atoms with E-state index in [-0.39, 0.29) is 18.0 Å². The summed E-state index contributed by atoms with van der Waals surface area (Å²) >= 11 is 0. The molecular weight excluding hydrogens is 390 g/mol. The van der Waals surface area contributed by atoms with Crippen LogP contribution < -0.4 is 0 Å². The van der Waals surface area contributed by atoms with Crippen molar-refractivity contribution in [2.45, 2.75) is 56.5 Å². The lowest BCUT2D eigenvalue weighted by molar-refractivity contribution is -0.143. The van der Waals surface area contributed by atoms with E-state index in [1.807, 2.05) is 48.7 Å². The van der Waals surface area contributed by atoms with Gasteiger partial charge in [-0.25, -0.2) is 0 Å². The van der Waals surface area contributed by atoms with Crippen molar-refractivity contribution in [3.8, 4) is 0 Å². The fourth-order valence-corrected chi connectivity index (χ4v) is 5.51. The SMILES string of the molecule is CN(CC(=O)N1C2CCC1CC(O)(Cn1ccc3ccncc31)C2)Cc1cccnc1. The van der Waals surface area contributed by atoms with Crippen LogP contribution >= 0.6 is 0 Å². The van der Waals surface area contributed by atoms with Crippen LogP contribution in [0.1, 0.15) is 31.2 Å². The Hall–Kier alpha value is -2.77. The average Bonchev–Trinajstić information content (AvgIpc) is 3.27. The first-order chi connectivity index (χ1) is 15.0. The van der Waals surface area contributed by atoms with E-state index in [4.69, 9.17) is 0 Å². The Balaban J connectivity index is 1.24. The summed E-state index contributed by atoms with van der Waals surface area (Å²) in [5.41, 5.74) is 1.34. The predicted molar refractivity (Wildman–Crippen MR) is 118 cm³/mol. The maximum Gasteiger partial charge on any atom is 0.237 e. The van der Waals surface area contributed by atoms with Gasteiger partial charge in [-0.05, 0) is 56.5 Å². The van der Waals surface area contributed by atoms with Gasteiger partial charge in [0.25, 0.3) is 0 Å². The number of pyridine rings is 2. The smallest absolute Gasteiger partial charge is 0.237 e. The topological polar surface area (TPSA) is 74.5 Å². The number of aromatic nitrogens is 3.